The number of nitrogens with one attached hydrogen (secondary N) is 2. The Morgan fingerprint density at radius 3 is 2.68 bits per heavy atom. The Bertz CT molecular complexity index is 419. The fourth-order valence-electron chi connectivity index (χ4n) is 1.47. The van der Waals surface area contributed by atoms with Crippen LogP contribution in [0.3, 0.4) is 0 Å². The quantitative estimate of drug-likeness (QED) is 0.781. The monoisotopic (exact) mass is 266 g/mol. The Kier molecular flexibility index (Phi) is 6.15. The lowest BCUT2D eigenvalue weighted by Crippen LogP contribution is -2.26. The minimum absolute atomic E-state index is 0.00164. The fraction of sp³-hybridized carbons (Fsp3) is 0.500. The molecule has 0 fully saturated rings. The van der Waals surface area contributed by atoms with Crippen LogP contribution in [0.5, 0.6) is 11.5 Å². The number of amides is 1. The minimum atomic E-state index is -0.161. The summed E-state index contributed by atoms with van der Waals surface area (Å²) < 4.78 is 10.7. The van der Waals surface area contributed by atoms with Gasteiger partial charge in [0.15, 0.2) is 6.61 Å². The SMILES string of the molecule is CNC(=O)COc1cc(OC)ccc1CNC(C)C. The van der Waals surface area contributed by atoms with Gasteiger partial charge in [0.2, 0.25) is 0 Å². The third-order valence-corrected chi connectivity index (χ3v) is 2.61. The van der Waals surface area contributed by atoms with Crippen LogP contribution in [-0.4, -0.2) is 32.7 Å². The predicted molar refractivity (Wildman–Crippen MR) is 74.5 cm³/mol. The van der Waals surface area contributed by atoms with Gasteiger partial charge in [0.05, 0.1) is 7.11 Å². The van der Waals surface area contributed by atoms with Crippen molar-refractivity contribution in [1.82, 2.24) is 10.6 Å². The number of carbonyl (C=O) groups is 1. The van der Waals surface area contributed by atoms with Crippen molar-refractivity contribution in [3.8, 4) is 11.5 Å². The number of ether oxygens (including phenoxy) is 2. The van der Waals surface area contributed by atoms with Crippen molar-refractivity contribution in [1.29, 1.82) is 0 Å². The fourth-order valence-corrected chi connectivity index (χ4v) is 1.47. The summed E-state index contributed by atoms with van der Waals surface area (Å²) in [5.41, 5.74) is 0.999. The number of methoxy groups -OCH3 is 1. The number of hydrogen-bond acceptors (Lipinski definition) is 4. The van der Waals surface area contributed by atoms with Gasteiger partial charge < -0.3 is 20.1 Å². The first kappa shape index (κ1) is 15.3. The molecule has 1 aromatic carbocycles. The summed E-state index contributed by atoms with van der Waals surface area (Å²) in [4.78, 5) is 11.2. The lowest BCUT2D eigenvalue weighted by atomic mass is 10.2. The third kappa shape index (κ3) is 5.18. The zero-order valence-corrected chi connectivity index (χ0v) is 11.9. The molecule has 0 heterocycles. The zero-order valence-electron chi connectivity index (χ0n) is 11.9. The molecule has 106 valence electrons. The summed E-state index contributed by atoms with van der Waals surface area (Å²) >= 11 is 0. The van der Waals surface area contributed by atoms with Gasteiger partial charge in [0, 0.05) is 31.3 Å². The summed E-state index contributed by atoms with van der Waals surface area (Å²) in [6.45, 7) is 4.84. The van der Waals surface area contributed by atoms with E-state index in [1.165, 1.54) is 0 Å². The van der Waals surface area contributed by atoms with Crippen LogP contribution in [0.25, 0.3) is 0 Å². The van der Waals surface area contributed by atoms with E-state index < -0.39 is 0 Å². The number of carbonyl (C=O) groups excluding carboxylic acids is 1. The minimum Gasteiger partial charge on any atom is -0.497 e. The summed E-state index contributed by atoms with van der Waals surface area (Å²) in [6, 6.07) is 5.99. The standard InChI is InChI=1S/C14H22N2O3/c1-10(2)16-8-11-5-6-12(18-4)7-13(11)19-9-14(17)15-3/h5-7,10,16H,8-9H2,1-4H3,(H,15,17). The van der Waals surface area contributed by atoms with Crippen molar-refractivity contribution < 1.29 is 14.3 Å². The second-order valence-electron chi connectivity index (χ2n) is 4.47. The van der Waals surface area contributed by atoms with Crippen LogP contribution in [0.15, 0.2) is 18.2 Å². The molecule has 19 heavy (non-hydrogen) atoms. The van der Waals surface area contributed by atoms with Crippen molar-refractivity contribution in [2.75, 3.05) is 20.8 Å². The van der Waals surface area contributed by atoms with Crippen molar-refractivity contribution in [2.24, 2.45) is 0 Å². The maximum atomic E-state index is 11.2. The molecule has 0 saturated heterocycles. The van der Waals surface area contributed by atoms with Crippen molar-refractivity contribution in [3.05, 3.63) is 23.8 Å². The van der Waals surface area contributed by atoms with Crippen LogP contribution in [-0.2, 0) is 11.3 Å². The van der Waals surface area contributed by atoms with Crippen molar-refractivity contribution >= 4 is 5.91 Å². The van der Waals surface area contributed by atoms with Gasteiger partial charge in [-0.15, -0.1) is 0 Å². The van der Waals surface area contributed by atoms with E-state index in [9.17, 15) is 4.79 Å². The Balaban J connectivity index is 2.79. The molecule has 0 aliphatic rings. The van der Waals surface area contributed by atoms with Crippen LogP contribution in [0, 0.1) is 0 Å². The molecule has 1 aromatic rings. The summed E-state index contributed by atoms with van der Waals surface area (Å²) in [6.07, 6.45) is 0. The molecule has 0 radical (unpaired) electrons. The van der Waals surface area contributed by atoms with Gasteiger partial charge >= 0.3 is 0 Å². The molecule has 0 aromatic heterocycles. The maximum Gasteiger partial charge on any atom is 0.257 e. The molecule has 0 atom stereocenters. The summed E-state index contributed by atoms with van der Waals surface area (Å²) in [7, 11) is 3.18. The van der Waals surface area contributed by atoms with Crippen LogP contribution in [0.2, 0.25) is 0 Å². The molecule has 0 spiro atoms. The van der Waals surface area contributed by atoms with Crippen LogP contribution >= 0.6 is 0 Å². The van der Waals surface area contributed by atoms with E-state index in [1.807, 2.05) is 12.1 Å². The predicted octanol–water partition coefficient (Wildman–Crippen LogP) is 1.32. The van der Waals surface area contributed by atoms with E-state index in [0.717, 1.165) is 5.56 Å². The first-order valence-electron chi connectivity index (χ1n) is 6.30. The average molecular weight is 266 g/mol. The van der Waals surface area contributed by atoms with E-state index in [0.29, 0.717) is 24.1 Å². The topological polar surface area (TPSA) is 59.6 Å². The highest BCUT2D eigenvalue weighted by Crippen LogP contribution is 2.24. The Hall–Kier alpha value is -1.75. The van der Waals surface area contributed by atoms with E-state index in [2.05, 4.69) is 24.5 Å². The highest BCUT2D eigenvalue weighted by atomic mass is 16.5. The Morgan fingerprint density at radius 1 is 1.37 bits per heavy atom. The van der Waals surface area contributed by atoms with Gasteiger partial charge in [0.25, 0.3) is 5.91 Å². The van der Waals surface area contributed by atoms with Gasteiger partial charge in [-0.3, -0.25) is 4.79 Å². The normalized spacial score (nSPS) is 10.4. The molecule has 1 rings (SSSR count). The van der Waals surface area contributed by atoms with E-state index in [4.69, 9.17) is 9.47 Å². The second kappa shape index (κ2) is 7.63. The van der Waals surface area contributed by atoms with Crippen molar-refractivity contribution in [2.45, 2.75) is 26.4 Å². The highest BCUT2D eigenvalue weighted by Gasteiger charge is 2.08. The van der Waals surface area contributed by atoms with Gasteiger partial charge in [-0.25, -0.2) is 0 Å². The van der Waals surface area contributed by atoms with E-state index in [1.54, 1.807) is 20.2 Å². The molecule has 5 nitrogen and oxygen atoms in total. The second-order valence-corrected chi connectivity index (χ2v) is 4.47. The first-order chi connectivity index (χ1) is 9.06. The molecule has 0 bridgehead atoms. The van der Waals surface area contributed by atoms with E-state index >= 15 is 0 Å². The first-order valence-corrected chi connectivity index (χ1v) is 6.30. The Morgan fingerprint density at radius 2 is 2.11 bits per heavy atom. The van der Waals surface area contributed by atoms with Crippen molar-refractivity contribution in [3.63, 3.8) is 0 Å². The van der Waals surface area contributed by atoms with Gasteiger partial charge in [0.1, 0.15) is 11.5 Å². The Labute approximate surface area is 114 Å². The number of benzene rings is 1. The molecule has 1 amide bonds. The highest BCUT2D eigenvalue weighted by molar-refractivity contribution is 5.77. The molecule has 0 unspecified atom stereocenters. The number of hydrogen-bond donors (Lipinski definition) is 2. The summed E-state index contributed by atoms with van der Waals surface area (Å²) in [5.74, 6) is 1.21. The van der Waals surface area contributed by atoms with Gasteiger partial charge in [-0.05, 0) is 6.07 Å². The molecular weight excluding hydrogens is 244 g/mol. The molecule has 0 aliphatic carbocycles. The number of rotatable bonds is 7. The smallest absolute Gasteiger partial charge is 0.257 e. The van der Waals surface area contributed by atoms with Crippen LogP contribution < -0.4 is 20.1 Å². The lowest BCUT2D eigenvalue weighted by Gasteiger charge is -2.14. The average Bonchev–Trinajstić information content (AvgIpc) is 2.42. The molecule has 0 saturated carbocycles. The lowest BCUT2D eigenvalue weighted by molar-refractivity contribution is -0.122. The summed E-state index contributed by atoms with van der Waals surface area (Å²) in [5, 5.41) is 5.84. The number of likely N-dealkylation sites (N-methyl/N-ethyl adjacent to an activating group) is 1. The van der Waals surface area contributed by atoms with Gasteiger partial charge in [-0.1, -0.05) is 19.9 Å². The van der Waals surface area contributed by atoms with E-state index in [-0.39, 0.29) is 12.5 Å². The third-order valence-electron chi connectivity index (χ3n) is 2.61. The maximum absolute atomic E-state index is 11.2. The van der Waals surface area contributed by atoms with Crippen LogP contribution in [0.1, 0.15) is 19.4 Å². The molecule has 0 aliphatic heterocycles. The molecular formula is C14H22N2O3. The molecule has 5 heteroatoms. The van der Waals surface area contributed by atoms with Crippen LogP contribution in [0.4, 0.5) is 0 Å². The van der Waals surface area contributed by atoms with Gasteiger partial charge in [-0.2, -0.15) is 0 Å². The molecule has 2 N–H and O–H groups in total. The zero-order chi connectivity index (χ0) is 14.3. The largest absolute Gasteiger partial charge is 0.497 e.